The number of esters is 1. The molecule has 0 saturated carbocycles. The van der Waals surface area contributed by atoms with Gasteiger partial charge in [0.15, 0.2) is 6.10 Å². The van der Waals surface area contributed by atoms with Crippen LogP contribution < -0.4 is 5.32 Å². The number of hydrogen-bond donors (Lipinski definition) is 2. The number of carbonyl (C=O) groups excluding carboxylic acids is 2. The van der Waals surface area contributed by atoms with Crippen LogP contribution in [0.4, 0.5) is 5.69 Å². The fourth-order valence-electron chi connectivity index (χ4n) is 1.82. The van der Waals surface area contributed by atoms with Crippen LogP contribution in [0.5, 0.6) is 0 Å². The number of benzene rings is 1. The van der Waals surface area contributed by atoms with Gasteiger partial charge in [0.05, 0.1) is 11.8 Å². The van der Waals surface area contributed by atoms with Crippen molar-refractivity contribution in [1.29, 1.82) is 0 Å². The van der Waals surface area contributed by atoms with Crippen molar-refractivity contribution in [2.45, 2.75) is 19.4 Å². The Labute approximate surface area is 131 Å². The van der Waals surface area contributed by atoms with E-state index in [1.165, 1.54) is 36.6 Å². The highest BCUT2D eigenvalue weighted by Gasteiger charge is 2.23. The molecular weight excluding hydrogens is 302 g/mol. The van der Waals surface area contributed by atoms with Gasteiger partial charge >= 0.3 is 11.9 Å². The Bertz CT molecular complexity index is 690. The summed E-state index contributed by atoms with van der Waals surface area (Å²) in [5.41, 5.74) is 0.520. The molecular formula is C16H15NO6. The average molecular weight is 317 g/mol. The minimum absolute atomic E-state index is 0.0158. The molecule has 120 valence electrons. The number of rotatable bonds is 6. The Kier molecular flexibility index (Phi) is 5.14. The molecule has 1 unspecified atom stereocenters. The second-order valence-electron chi connectivity index (χ2n) is 4.65. The summed E-state index contributed by atoms with van der Waals surface area (Å²) in [4.78, 5) is 34.7. The van der Waals surface area contributed by atoms with E-state index in [0.29, 0.717) is 5.69 Å². The maximum atomic E-state index is 12.1. The fraction of sp³-hybridized carbons (Fsp3) is 0.188. The van der Waals surface area contributed by atoms with Gasteiger partial charge in [-0.05, 0) is 42.8 Å². The van der Waals surface area contributed by atoms with E-state index in [1.54, 1.807) is 13.0 Å². The molecule has 1 atom stereocenters. The largest absolute Gasteiger partial charge is 0.478 e. The number of ether oxygens (including phenoxy) is 1. The molecule has 0 aliphatic carbocycles. The summed E-state index contributed by atoms with van der Waals surface area (Å²) in [6, 6.07) is 8.64. The third-order valence-electron chi connectivity index (χ3n) is 3.03. The number of aromatic carboxylic acids is 1. The Morgan fingerprint density at radius 1 is 1.22 bits per heavy atom. The highest BCUT2D eigenvalue weighted by atomic mass is 16.6. The summed E-state index contributed by atoms with van der Waals surface area (Å²) < 4.78 is 10.0. The molecule has 0 radical (unpaired) electrons. The standard InChI is InChI=1S/C16H15NO6/c1-2-12(23-16(21)13-4-3-9-22-13)14(18)17-11-7-5-10(6-8-11)15(19)20/h3-9,12H,2H2,1H3,(H,17,18)(H,19,20). The number of carboxylic acid groups (broad SMARTS) is 1. The highest BCUT2D eigenvalue weighted by molar-refractivity contribution is 5.97. The molecule has 1 amide bonds. The van der Waals surface area contributed by atoms with E-state index in [0.717, 1.165) is 0 Å². The predicted molar refractivity (Wildman–Crippen MR) is 80.2 cm³/mol. The number of anilines is 1. The first-order chi connectivity index (χ1) is 11.0. The maximum absolute atomic E-state index is 12.1. The van der Waals surface area contributed by atoms with Gasteiger partial charge in [-0.15, -0.1) is 0 Å². The lowest BCUT2D eigenvalue weighted by atomic mass is 10.2. The maximum Gasteiger partial charge on any atom is 0.374 e. The molecule has 0 bridgehead atoms. The van der Waals surface area contributed by atoms with Gasteiger partial charge in [0.2, 0.25) is 5.76 Å². The van der Waals surface area contributed by atoms with Crippen molar-refractivity contribution in [3.63, 3.8) is 0 Å². The van der Waals surface area contributed by atoms with Gasteiger partial charge in [-0.2, -0.15) is 0 Å². The van der Waals surface area contributed by atoms with Crippen LogP contribution in [0.25, 0.3) is 0 Å². The number of furan rings is 1. The SMILES string of the molecule is CCC(OC(=O)c1ccco1)C(=O)Nc1ccc(C(=O)O)cc1. The molecule has 23 heavy (non-hydrogen) atoms. The first kappa shape index (κ1) is 16.3. The molecule has 2 aromatic rings. The second-order valence-corrected chi connectivity index (χ2v) is 4.65. The summed E-state index contributed by atoms with van der Waals surface area (Å²) in [5, 5.41) is 11.4. The van der Waals surface area contributed by atoms with Crippen molar-refractivity contribution in [1.82, 2.24) is 0 Å². The minimum Gasteiger partial charge on any atom is -0.478 e. The molecule has 2 rings (SSSR count). The summed E-state index contributed by atoms with van der Waals surface area (Å²) in [6.07, 6.45) is 0.638. The van der Waals surface area contributed by atoms with Crippen molar-refractivity contribution in [3.8, 4) is 0 Å². The third-order valence-corrected chi connectivity index (χ3v) is 3.03. The van der Waals surface area contributed by atoms with Gasteiger partial charge in [-0.3, -0.25) is 4.79 Å². The van der Waals surface area contributed by atoms with Crippen LogP contribution >= 0.6 is 0 Å². The van der Waals surface area contributed by atoms with Crippen LogP contribution in [0.1, 0.15) is 34.3 Å². The van der Waals surface area contributed by atoms with Gasteiger partial charge in [0.1, 0.15) is 0 Å². The average Bonchev–Trinajstić information content (AvgIpc) is 3.07. The molecule has 0 aliphatic heterocycles. The molecule has 0 spiro atoms. The zero-order valence-electron chi connectivity index (χ0n) is 12.3. The number of amides is 1. The van der Waals surface area contributed by atoms with E-state index >= 15 is 0 Å². The monoisotopic (exact) mass is 317 g/mol. The van der Waals surface area contributed by atoms with Gasteiger partial charge < -0.3 is 19.6 Å². The van der Waals surface area contributed by atoms with Crippen molar-refractivity contribution >= 4 is 23.5 Å². The molecule has 0 aliphatic rings. The van der Waals surface area contributed by atoms with Gasteiger partial charge in [-0.25, -0.2) is 9.59 Å². The molecule has 7 nitrogen and oxygen atoms in total. The van der Waals surface area contributed by atoms with Crippen LogP contribution in [0, 0.1) is 0 Å². The van der Waals surface area contributed by atoms with E-state index in [2.05, 4.69) is 5.32 Å². The van der Waals surface area contributed by atoms with Crippen molar-refractivity contribution in [3.05, 3.63) is 54.0 Å². The first-order valence-corrected chi connectivity index (χ1v) is 6.90. The van der Waals surface area contributed by atoms with Crippen molar-refractivity contribution in [2.75, 3.05) is 5.32 Å². The number of nitrogens with one attached hydrogen (secondary N) is 1. The molecule has 0 fully saturated rings. The lowest BCUT2D eigenvalue weighted by Gasteiger charge is -2.15. The summed E-state index contributed by atoms with van der Waals surface area (Å²) in [7, 11) is 0. The zero-order chi connectivity index (χ0) is 16.8. The van der Waals surface area contributed by atoms with Crippen molar-refractivity contribution in [2.24, 2.45) is 0 Å². The zero-order valence-corrected chi connectivity index (χ0v) is 12.3. The lowest BCUT2D eigenvalue weighted by Crippen LogP contribution is -2.32. The van der Waals surface area contributed by atoms with Crippen molar-refractivity contribution < 1.29 is 28.6 Å². The number of carbonyl (C=O) groups is 3. The normalized spacial score (nSPS) is 11.5. The van der Waals surface area contributed by atoms with Crippen LogP contribution in [0.3, 0.4) is 0 Å². The molecule has 2 N–H and O–H groups in total. The summed E-state index contributed by atoms with van der Waals surface area (Å²) in [6.45, 7) is 1.70. The smallest absolute Gasteiger partial charge is 0.374 e. The van der Waals surface area contributed by atoms with E-state index < -0.39 is 23.9 Å². The summed E-state index contributed by atoms with van der Waals surface area (Å²) in [5.74, 6) is -2.27. The van der Waals surface area contributed by atoms with E-state index in [9.17, 15) is 14.4 Å². The predicted octanol–water partition coefficient (Wildman–Crippen LogP) is 2.55. The Morgan fingerprint density at radius 3 is 2.43 bits per heavy atom. The molecule has 1 aromatic heterocycles. The molecule has 7 heteroatoms. The molecule has 1 aromatic carbocycles. The topological polar surface area (TPSA) is 106 Å². The Balaban J connectivity index is 1.99. The third kappa shape index (κ3) is 4.19. The van der Waals surface area contributed by atoms with Gasteiger partial charge in [0.25, 0.3) is 5.91 Å². The van der Waals surface area contributed by atoms with E-state index in [-0.39, 0.29) is 17.7 Å². The molecule has 0 saturated heterocycles. The minimum atomic E-state index is -1.05. The fourth-order valence-corrected chi connectivity index (χ4v) is 1.82. The quantitative estimate of drug-likeness (QED) is 0.793. The molecule has 1 heterocycles. The Morgan fingerprint density at radius 2 is 1.91 bits per heavy atom. The van der Waals surface area contributed by atoms with Crippen LogP contribution in [0.2, 0.25) is 0 Å². The van der Waals surface area contributed by atoms with Crippen LogP contribution in [0.15, 0.2) is 47.1 Å². The highest BCUT2D eigenvalue weighted by Crippen LogP contribution is 2.13. The van der Waals surface area contributed by atoms with E-state index in [1.807, 2.05) is 0 Å². The van der Waals surface area contributed by atoms with Gasteiger partial charge in [-0.1, -0.05) is 6.92 Å². The lowest BCUT2D eigenvalue weighted by molar-refractivity contribution is -0.124. The second kappa shape index (κ2) is 7.26. The first-order valence-electron chi connectivity index (χ1n) is 6.90. The van der Waals surface area contributed by atoms with Crippen LogP contribution in [-0.4, -0.2) is 29.1 Å². The summed E-state index contributed by atoms with van der Waals surface area (Å²) >= 11 is 0. The van der Waals surface area contributed by atoms with Gasteiger partial charge in [0, 0.05) is 5.69 Å². The Hall–Kier alpha value is -3.09. The number of carboxylic acids is 1. The van der Waals surface area contributed by atoms with Crippen LogP contribution in [-0.2, 0) is 9.53 Å². The number of hydrogen-bond acceptors (Lipinski definition) is 5. The van der Waals surface area contributed by atoms with E-state index in [4.69, 9.17) is 14.3 Å².